The summed E-state index contributed by atoms with van der Waals surface area (Å²) in [6.45, 7) is 2.90. The van der Waals surface area contributed by atoms with Gasteiger partial charge in [-0.25, -0.2) is 13.6 Å². The van der Waals surface area contributed by atoms with Crippen molar-refractivity contribution in [3.05, 3.63) is 34.3 Å². The average Bonchev–Trinajstić information content (AvgIpc) is 2.54. The van der Waals surface area contributed by atoms with Crippen molar-refractivity contribution >= 4 is 11.1 Å². The lowest BCUT2D eigenvalue weighted by Gasteiger charge is -2.20. The summed E-state index contributed by atoms with van der Waals surface area (Å²) >= 11 is 0. The Balaban J connectivity index is 2.64. The van der Waals surface area contributed by atoms with Crippen LogP contribution in [0.5, 0.6) is 0 Å². The van der Waals surface area contributed by atoms with E-state index in [9.17, 15) is 13.6 Å². The normalized spacial score (nSPS) is 12.6. The van der Waals surface area contributed by atoms with E-state index in [1.165, 1.54) is 43.7 Å². The van der Waals surface area contributed by atoms with Crippen molar-refractivity contribution in [2.45, 2.75) is 19.8 Å². The van der Waals surface area contributed by atoms with E-state index in [1.807, 2.05) is 0 Å². The first-order chi connectivity index (χ1) is 7.84. The second kappa shape index (κ2) is 3.68. The molecule has 2 aromatic rings. The molecule has 0 spiro atoms. The Morgan fingerprint density at radius 2 is 2.00 bits per heavy atom. The number of halogens is 2. The number of rotatable bonds is 2. The minimum atomic E-state index is -2.93. The van der Waals surface area contributed by atoms with Crippen LogP contribution in [0.25, 0.3) is 11.1 Å². The number of nitrogens with zero attached hydrogens (tertiary/aromatic N) is 1. The zero-order valence-corrected chi connectivity index (χ0v) is 9.83. The molecule has 1 aromatic heterocycles. The summed E-state index contributed by atoms with van der Waals surface area (Å²) in [5, 5.41) is 0. The second-order valence-electron chi connectivity index (χ2n) is 4.39. The highest BCUT2D eigenvalue weighted by molar-refractivity contribution is 5.73. The van der Waals surface area contributed by atoms with Crippen LogP contribution >= 0.6 is 0 Å². The molecule has 17 heavy (non-hydrogen) atoms. The Hall–Kier alpha value is -1.65. The first kappa shape index (κ1) is 11.8. The fourth-order valence-electron chi connectivity index (χ4n) is 1.67. The molecule has 0 saturated heterocycles. The number of aryl methyl sites for hydroxylation is 1. The molecule has 0 aliphatic heterocycles. The number of benzene rings is 1. The summed E-state index contributed by atoms with van der Waals surface area (Å²) in [5.41, 5.74) is 0.572. The third-order valence-electron chi connectivity index (χ3n) is 2.90. The van der Waals surface area contributed by atoms with Crippen LogP contribution in [0, 0.1) is 5.92 Å². The molecule has 5 heteroatoms. The number of alkyl halides is 2. The Kier molecular flexibility index (Phi) is 2.56. The lowest BCUT2D eigenvalue weighted by Crippen LogP contribution is -2.20. The smallest absolute Gasteiger partial charge is 0.408 e. The van der Waals surface area contributed by atoms with Gasteiger partial charge in [0.25, 0.3) is 5.92 Å². The summed E-state index contributed by atoms with van der Waals surface area (Å²) in [6.07, 6.45) is 0. The van der Waals surface area contributed by atoms with E-state index < -0.39 is 17.6 Å². The van der Waals surface area contributed by atoms with Crippen LogP contribution in [0.3, 0.4) is 0 Å². The lowest BCUT2D eigenvalue weighted by atomic mass is 9.98. The summed E-state index contributed by atoms with van der Waals surface area (Å²) in [6, 6.07) is 4.04. The highest BCUT2D eigenvalue weighted by Crippen LogP contribution is 2.36. The van der Waals surface area contributed by atoms with E-state index in [0.717, 1.165) is 0 Å². The Morgan fingerprint density at radius 3 is 2.59 bits per heavy atom. The molecule has 0 N–H and O–H groups in total. The molecule has 92 valence electrons. The predicted octanol–water partition coefficient (Wildman–Crippen LogP) is 2.88. The van der Waals surface area contributed by atoms with Gasteiger partial charge in [0.15, 0.2) is 5.58 Å². The van der Waals surface area contributed by atoms with Crippen molar-refractivity contribution in [2.24, 2.45) is 13.0 Å². The fraction of sp³-hybridized carbons (Fsp3) is 0.417. The molecule has 1 aromatic carbocycles. The number of oxazole rings is 1. The van der Waals surface area contributed by atoms with E-state index in [0.29, 0.717) is 5.52 Å². The van der Waals surface area contributed by atoms with Crippen molar-refractivity contribution in [1.29, 1.82) is 0 Å². The van der Waals surface area contributed by atoms with Crippen molar-refractivity contribution in [2.75, 3.05) is 0 Å². The van der Waals surface area contributed by atoms with E-state index >= 15 is 0 Å². The molecule has 3 nitrogen and oxygen atoms in total. The molecular weight excluding hydrogens is 228 g/mol. The zero-order chi connectivity index (χ0) is 12.8. The van der Waals surface area contributed by atoms with E-state index in [4.69, 9.17) is 4.42 Å². The van der Waals surface area contributed by atoms with Gasteiger partial charge in [0.05, 0.1) is 5.52 Å². The third-order valence-corrected chi connectivity index (χ3v) is 2.90. The standard InChI is InChI=1S/C12H13F2NO2/c1-7(2)12(13,14)8-4-5-9-10(6-8)17-11(16)15(9)3/h4-7H,1-3H3. The summed E-state index contributed by atoms with van der Waals surface area (Å²) in [5.74, 6) is -4.29. The molecule has 2 rings (SSSR count). The molecule has 0 aliphatic carbocycles. The topological polar surface area (TPSA) is 35.1 Å². The van der Waals surface area contributed by atoms with Gasteiger partial charge in [-0.15, -0.1) is 0 Å². The first-order valence-corrected chi connectivity index (χ1v) is 5.32. The fourth-order valence-corrected chi connectivity index (χ4v) is 1.67. The Bertz CT molecular complexity index is 610. The minimum absolute atomic E-state index is 0.130. The van der Waals surface area contributed by atoms with Gasteiger partial charge in [-0.1, -0.05) is 19.9 Å². The molecular formula is C12H13F2NO2. The van der Waals surface area contributed by atoms with Crippen molar-refractivity contribution in [3.8, 4) is 0 Å². The van der Waals surface area contributed by atoms with Crippen molar-refractivity contribution in [1.82, 2.24) is 4.57 Å². The molecule has 0 fully saturated rings. The molecule has 0 radical (unpaired) electrons. The average molecular weight is 241 g/mol. The SMILES string of the molecule is CC(C)C(F)(F)c1ccc2c(c1)oc(=O)n2C. The van der Waals surface area contributed by atoms with Crippen LogP contribution in [0.15, 0.2) is 27.4 Å². The maximum Gasteiger partial charge on any atom is 0.419 e. The molecule has 0 saturated carbocycles. The van der Waals surface area contributed by atoms with Gasteiger partial charge in [-0.3, -0.25) is 4.57 Å². The minimum Gasteiger partial charge on any atom is -0.408 e. The van der Waals surface area contributed by atoms with Crippen LogP contribution in [-0.4, -0.2) is 4.57 Å². The highest BCUT2D eigenvalue weighted by Gasteiger charge is 2.35. The quantitative estimate of drug-likeness (QED) is 0.810. The number of aromatic nitrogens is 1. The first-order valence-electron chi connectivity index (χ1n) is 5.32. The van der Waals surface area contributed by atoms with E-state index in [2.05, 4.69) is 0 Å². The molecule has 0 amide bonds. The van der Waals surface area contributed by atoms with Gasteiger partial charge >= 0.3 is 5.76 Å². The number of hydrogen-bond donors (Lipinski definition) is 0. The maximum atomic E-state index is 13.8. The second-order valence-corrected chi connectivity index (χ2v) is 4.39. The third kappa shape index (κ3) is 1.75. The van der Waals surface area contributed by atoms with Crippen LogP contribution in [0.2, 0.25) is 0 Å². The Labute approximate surface area is 96.7 Å². The largest absolute Gasteiger partial charge is 0.419 e. The maximum absolute atomic E-state index is 13.8. The Morgan fingerprint density at radius 1 is 1.35 bits per heavy atom. The number of hydrogen-bond acceptors (Lipinski definition) is 2. The van der Waals surface area contributed by atoms with E-state index in [1.54, 1.807) is 0 Å². The summed E-state index contributed by atoms with van der Waals surface area (Å²) in [4.78, 5) is 11.2. The summed E-state index contributed by atoms with van der Waals surface area (Å²) < 4.78 is 33.7. The van der Waals surface area contributed by atoms with Gasteiger partial charge < -0.3 is 4.42 Å². The van der Waals surface area contributed by atoms with Crippen molar-refractivity contribution in [3.63, 3.8) is 0 Å². The van der Waals surface area contributed by atoms with Gasteiger partial charge in [-0.05, 0) is 12.1 Å². The van der Waals surface area contributed by atoms with Gasteiger partial charge in [0.2, 0.25) is 0 Å². The van der Waals surface area contributed by atoms with Crippen LogP contribution in [0.4, 0.5) is 8.78 Å². The molecule has 0 bridgehead atoms. The molecule has 0 atom stereocenters. The van der Waals surface area contributed by atoms with Gasteiger partial charge in [0.1, 0.15) is 0 Å². The van der Waals surface area contributed by atoms with E-state index in [-0.39, 0.29) is 11.1 Å². The monoisotopic (exact) mass is 241 g/mol. The zero-order valence-electron chi connectivity index (χ0n) is 9.83. The van der Waals surface area contributed by atoms with Crippen LogP contribution in [-0.2, 0) is 13.0 Å². The molecule has 0 unspecified atom stereocenters. The van der Waals surface area contributed by atoms with Gasteiger partial charge in [0, 0.05) is 18.5 Å². The number of fused-ring (bicyclic) bond motifs is 1. The van der Waals surface area contributed by atoms with Crippen LogP contribution < -0.4 is 5.76 Å². The van der Waals surface area contributed by atoms with Crippen molar-refractivity contribution < 1.29 is 13.2 Å². The lowest BCUT2D eigenvalue weighted by molar-refractivity contribution is -0.0513. The van der Waals surface area contributed by atoms with Crippen LogP contribution in [0.1, 0.15) is 19.4 Å². The summed E-state index contributed by atoms with van der Waals surface area (Å²) in [7, 11) is 1.54. The molecule has 0 aliphatic rings. The highest BCUT2D eigenvalue weighted by atomic mass is 19.3. The predicted molar refractivity (Wildman–Crippen MR) is 60.2 cm³/mol. The molecule has 1 heterocycles. The van der Waals surface area contributed by atoms with Gasteiger partial charge in [-0.2, -0.15) is 0 Å².